The number of nitrogens with one attached hydrogen (secondary N) is 2. The molecule has 192 valence electrons. The average molecular weight is 494 g/mol. The first kappa shape index (κ1) is 24.4. The number of hydrogen-bond donors (Lipinski definition) is 4. The van der Waals surface area contributed by atoms with E-state index in [4.69, 9.17) is 15.6 Å². The third-order valence-corrected chi connectivity index (χ3v) is 6.79. The lowest BCUT2D eigenvalue weighted by molar-refractivity contribution is 0.0776. The fourth-order valence-electron chi connectivity index (χ4n) is 4.82. The van der Waals surface area contributed by atoms with Gasteiger partial charge in [0.05, 0.1) is 31.1 Å². The van der Waals surface area contributed by atoms with Crippen molar-refractivity contribution in [2.24, 2.45) is 0 Å². The summed E-state index contributed by atoms with van der Waals surface area (Å²) in [5.41, 5.74) is 10.7. The number of rotatable bonds is 11. The monoisotopic (exact) mass is 493 g/mol. The van der Waals surface area contributed by atoms with Crippen molar-refractivity contribution in [1.82, 2.24) is 35.3 Å². The lowest BCUT2D eigenvalue weighted by Crippen LogP contribution is -2.34. The molecule has 36 heavy (non-hydrogen) atoms. The molecule has 0 atom stereocenters. The highest BCUT2D eigenvalue weighted by atomic mass is 16.5. The predicted octanol–water partition coefficient (Wildman–Crippen LogP) is 2.20. The number of fused-ring (bicyclic) bond motifs is 2. The van der Waals surface area contributed by atoms with E-state index in [1.807, 2.05) is 22.0 Å². The number of nitrogens with zero attached hydrogens (tertiary/aromatic N) is 6. The van der Waals surface area contributed by atoms with Gasteiger partial charge in [0.2, 0.25) is 5.95 Å². The van der Waals surface area contributed by atoms with Crippen LogP contribution in [-0.2, 0) is 17.8 Å². The van der Waals surface area contributed by atoms with Gasteiger partial charge in [-0.2, -0.15) is 15.2 Å². The van der Waals surface area contributed by atoms with E-state index in [1.165, 1.54) is 5.56 Å². The number of aromatic nitrogens is 6. The Morgan fingerprint density at radius 3 is 2.86 bits per heavy atom. The second-order valence-electron chi connectivity index (χ2n) is 9.34. The molecule has 1 aromatic carbocycles. The largest absolute Gasteiger partial charge is 0.395 e. The average Bonchev–Trinajstić information content (AvgIpc) is 3.54. The highest BCUT2D eigenvalue weighted by Gasteiger charge is 2.18. The quantitative estimate of drug-likeness (QED) is 0.247. The second kappa shape index (κ2) is 11.2. The Hall–Kier alpha value is -3.28. The fraction of sp³-hybridized carbons (Fsp3) is 0.520. The van der Waals surface area contributed by atoms with Gasteiger partial charge < -0.3 is 25.8 Å². The van der Waals surface area contributed by atoms with Gasteiger partial charge in [-0.25, -0.2) is 4.98 Å². The number of nitrogens with two attached hydrogens (primary N) is 1. The van der Waals surface area contributed by atoms with Gasteiger partial charge in [-0.1, -0.05) is 25.5 Å². The lowest BCUT2D eigenvalue weighted by Gasteiger charge is -2.23. The molecule has 4 aromatic rings. The fourth-order valence-corrected chi connectivity index (χ4v) is 4.82. The molecular formula is C25H35N9O2. The summed E-state index contributed by atoms with van der Waals surface area (Å²) in [6.45, 7) is 6.40. The summed E-state index contributed by atoms with van der Waals surface area (Å²) in [6, 6.07) is 4.79. The van der Waals surface area contributed by atoms with E-state index in [2.05, 4.69) is 44.5 Å². The zero-order valence-corrected chi connectivity index (χ0v) is 20.8. The van der Waals surface area contributed by atoms with E-state index in [1.54, 1.807) is 0 Å². The van der Waals surface area contributed by atoms with E-state index in [9.17, 15) is 5.11 Å². The predicted molar refractivity (Wildman–Crippen MR) is 140 cm³/mol. The molecule has 3 aromatic heterocycles. The number of nitrogen functional groups attached to an aromatic ring is 1. The van der Waals surface area contributed by atoms with Crippen LogP contribution in [0.3, 0.4) is 0 Å². The summed E-state index contributed by atoms with van der Waals surface area (Å²) < 4.78 is 7.34. The highest BCUT2D eigenvalue weighted by Crippen LogP contribution is 2.26. The smallest absolute Gasteiger partial charge is 0.222 e. The molecule has 1 fully saturated rings. The van der Waals surface area contributed by atoms with Crippen LogP contribution >= 0.6 is 0 Å². The van der Waals surface area contributed by atoms with Crippen LogP contribution in [0.4, 0.5) is 11.8 Å². The summed E-state index contributed by atoms with van der Waals surface area (Å²) in [5.74, 6) is 0.869. The molecule has 5 N–H and O–H groups in total. The van der Waals surface area contributed by atoms with Crippen molar-refractivity contribution in [2.45, 2.75) is 51.7 Å². The molecule has 0 bridgehead atoms. The maximum atomic E-state index is 9.59. The van der Waals surface area contributed by atoms with Crippen LogP contribution < -0.4 is 16.0 Å². The Morgan fingerprint density at radius 2 is 2.06 bits per heavy atom. The first-order chi connectivity index (χ1) is 17.7. The Kier molecular flexibility index (Phi) is 7.59. The first-order valence-electron chi connectivity index (χ1n) is 12.8. The van der Waals surface area contributed by atoms with E-state index in [0.717, 1.165) is 68.5 Å². The maximum absolute atomic E-state index is 9.59. The van der Waals surface area contributed by atoms with Gasteiger partial charge in [0.25, 0.3) is 0 Å². The number of H-pyrrole nitrogens is 1. The molecule has 11 heteroatoms. The van der Waals surface area contributed by atoms with Crippen LogP contribution in [0, 0.1) is 0 Å². The molecule has 11 nitrogen and oxygen atoms in total. The van der Waals surface area contributed by atoms with Gasteiger partial charge in [0.1, 0.15) is 5.52 Å². The molecule has 0 saturated carbocycles. The van der Waals surface area contributed by atoms with Crippen molar-refractivity contribution >= 4 is 33.7 Å². The number of anilines is 2. The van der Waals surface area contributed by atoms with Crippen molar-refractivity contribution in [3.63, 3.8) is 0 Å². The van der Waals surface area contributed by atoms with Gasteiger partial charge >= 0.3 is 0 Å². The first-order valence-corrected chi connectivity index (χ1v) is 12.8. The molecule has 1 aliphatic rings. The van der Waals surface area contributed by atoms with Crippen LogP contribution in [0.15, 0.2) is 24.5 Å². The molecule has 4 heterocycles. The minimum atomic E-state index is 0.0311. The van der Waals surface area contributed by atoms with Gasteiger partial charge in [0, 0.05) is 44.3 Å². The number of unbranched alkanes of at least 4 members (excludes halogenated alkanes) is 1. The number of ether oxygens (including phenoxy) is 1. The van der Waals surface area contributed by atoms with Crippen molar-refractivity contribution < 1.29 is 9.84 Å². The number of hydrogen-bond acceptors (Lipinski definition) is 9. The van der Waals surface area contributed by atoms with E-state index < -0.39 is 0 Å². The van der Waals surface area contributed by atoms with E-state index >= 15 is 0 Å². The summed E-state index contributed by atoms with van der Waals surface area (Å²) >= 11 is 0. The Bertz CT molecular complexity index is 1300. The van der Waals surface area contributed by atoms with Crippen molar-refractivity contribution in [1.29, 1.82) is 0 Å². The standard InChI is InChI=1S/C25H35N9O2/c1-2-3-8-33(9-10-35)24-23-21(29-25(26)30-24)16-34(32-23)15-18-5-4-17(20-14-28-31-22(18)20)13-27-19-6-11-36-12-7-19/h4-5,14,16,19,27,35H,2-3,6-13,15H2,1H3,(H2,26,29)(H,28,31). The van der Waals surface area contributed by atoms with Crippen LogP contribution in [0.5, 0.6) is 0 Å². The van der Waals surface area contributed by atoms with Gasteiger partial charge in [-0.15, -0.1) is 0 Å². The minimum Gasteiger partial charge on any atom is -0.395 e. The van der Waals surface area contributed by atoms with Gasteiger partial charge in [-0.05, 0) is 30.4 Å². The summed E-state index contributed by atoms with van der Waals surface area (Å²) in [5, 5.41) is 26.7. The number of benzene rings is 1. The number of aliphatic hydroxyl groups excluding tert-OH is 1. The van der Waals surface area contributed by atoms with Crippen LogP contribution in [0.1, 0.15) is 43.7 Å². The Morgan fingerprint density at radius 1 is 1.22 bits per heavy atom. The minimum absolute atomic E-state index is 0.0311. The third kappa shape index (κ3) is 5.28. The van der Waals surface area contributed by atoms with E-state index in [-0.39, 0.29) is 12.6 Å². The van der Waals surface area contributed by atoms with Gasteiger partial charge in [-0.3, -0.25) is 9.78 Å². The molecule has 0 amide bonds. The Balaban J connectivity index is 1.40. The van der Waals surface area contributed by atoms with Crippen LogP contribution in [0.25, 0.3) is 21.9 Å². The summed E-state index contributed by atoms with van der Waals surface area (Å²) in [6.07, 6.45) is 7.91. The molecule has 0 radical (unpaired) electrons. The second-order valence-corrected chi connectivity index (χ2v) is 9.34. The molecule has 5 rings (SSSR count). The zero-order chi connectivity index (χ0) is 24.9. The van der Waals surface area contributed by atoms with E-state index in [0.29, 0.717) is 36.0 Å². The van der Waals surface area contributed by atoms with Gasteiger partial charge in [0.15, 0.2) is 11.3 Å². The summed E-state index contributed by atoms with van der Waals surface area (Å²) in [4.78, 5) is 10.9. The number of aliphatic hydroxyl groups is 1. The van der Waals surface area contributed by atoms with Crippen molar-refractivity contribution in [2.75, 3.05) is 43.5 Å². The molecule has 0 unspecified atom stereocenters. The Labute approximate surface area is 210 Å². The molecule has 0 aliphatic carbocycles. The van der Waals surface area contributed by atoms with Crippen LogP contribution in [0.2, 0.25) is 0 Å². The van der Waals surface area contributed by atoms with Crippen molar-refractivity contribution in [3.8, 4) is 0 Å². The van der Waals surface area contributed by atoms with Crippen LogP contribution in [-0.4, -0.2) is 74.0 Å². The van der Waals surface area contributed by atoms with Crippen molar-refractivity contribution in [3.05, 3.63) is 35.7 Å². The molecule has 0 spiro atoms. The third-order valence-electron chi connectivity index (χ3n) is 6.79. The maximum Gasteiger partial charge on any atom is 0.222 e. The SMILES string of the molecule is CCCCN(CCO)c1nc(N)nc2cn(Cc3ccc(CNC4CCOCC4)c4cn[nH]c34)nc12. The summed E-state index contributed by atoms with van der Waals surface area (Å²) in [7, 11) is 0. The normalized spacial score (nSPS) is 14.7. The zero-order valence-electron chi connectivity index (χ0n) is 20.8. The molecule has 1 aliphatic heterocycles. The topological polar surface area (TPSA) is 143 Å². The highest BCUT2D eigenvalue weighted by molar-refractivity contribution is 5.87. The molecule has 1 saturated heterocycles. The molecular weight excluding hydrogens is 458 g/mol. The number of aromatic amines is 1. The lowest BCUT2D eigenvalue weighted by atomic mass is 10.0.